The standard InChI is InChI=1S/C13H16ClNO/c1-9-8-15(10(2)16)6-5-11-3-4-12(14)7-13(9)11/h3-4,7,9H,5-6,8H2,1-2H3. The highest BCUT2D eigenvalue weighted by Gasteiger charge is 2.21. The third-order valence-electron chi connectivity index (χ3n) is 3.23. The quantitative estimate of drug-likeness (QED) is 0.680. The maximum Gasteiger partial charge on any atom is 0.219 e. The molecule has 0 radical (unpaired) electrons. The molecule has 1 atom stereocenters. The van der Waals surface area contributed by atoms with Gasteiger partial charge < -0.3 is 4.90 Å². The predicted octanol–water partition coefficient (Wildman–Crippen LogP) is 2.85. The topological polar surface area (TPSA) is 20.3 Å². The van der Waals surface area contributed by atoms with Crippen molar-refractivity contribution >= 4 is 17.5 Å². The van der Waals surface area contributed by atoms with Gasteiger partial charge in [0, 0.05) is 25.0 Å². The smallest absolute Gasteiger partial charge is 0.219 e. The summed E-state index contributed by atoms with van der Waals surface area (Å²) in [6.45, 7) is 5.39. The van der Waals surface area contributed by atoms with Crippen LogP contribution in [0.15, 0.2) is 18.2 Å². The molecule has 1 aliphatic rings. The minimum atomic E-state index is 0.158. The number of rotatable bonds is 0. The maximum atomic E-state index is 11.4. The van der Waals surface area contributed by atoms with Crippen molar-refractivity contribution in [1.29, 1.82) is 0 Å². The monoisotopic (exact) mass is 237 g/mol. The van der Waals surface area contributed by atoms with Crippen LogP contribution in [0.2, 0.25) is 5.02 Å². The number of nitrogens with zero attached hydrogens (tertiary/aromatic N) is 1. The SMILES string of the molecule is CC(=O)N1CCc2ccc(Cl)cc2C(C)C1. The van der Waals surface area contributed by atoms with Crippen LogP contribution in [-0.4, -0.2) is 23.9 Å². The van der Waals surface area contributed by atoms with Crippen molar-refractivity contribution in [2.24, 2.45) is 0 Å². The lowest BCUT2D eigenvalue weighted by Crippen LogP contribution is -2.32. The average Bonchev–Trinajstić information content (AvgIpc) is 2.39. The Hall–Kier alpha value is -1.02. The molecular formula is C13H16ClNO. The number of fused-ring (bicyclic) bond motifs is 1. The van der Waals surface area contributed by atoms with Gasteiger partial charge in [-0.1, -0.05) is 24.6 Å². The minimum Gasteiger partial charge on any atom is -0.342 e. The zero-order valence-corrected chi connectivity index (χ0v) is 10.4. The number of carbonyl (C=O) groups is 1. The van der Waals surface area contributed by atoms with Gasteiger partial charge in [-0.15, -0.1) is 0 Å². The largest absolute Gasteiger partial charge is 0.342 e. The van der Waals surface area contributed by atoms with E-state index in [1.54, 1.807) is 6.92 Å². The molecule has 1 aromatic rings. The molecule has 0 bridgehead atoms. The summed E-state index contributed by atoms with van der Waals surface area (Å²) in [5, 5.41) is 0.780. The Kier molecular flexibility index (Phi) is 3.20. The second-order valence-electron chi connectivity index (χ2n) is 4.46. The Balaban J connectivity index is 2.32. The van der Waals surface area contributed by atoms with Gasteiger partial charge in [-0.3, -0.25) is 4.79 Å². The normalized spacial score (nSPS) is 20.2. The van der Waals surface area contributed by atoms with Gasteiger partial charge in [0.15, 0.2) is 0 Å². The zero-order chi connectivity index (χ0) is 11.7. The Labute approximate surface area is 101 Å². The second-order valence-corrected chi connectivity index (χ2v) is 4.90. The van der Waals surface area contributed by atoms with E-state index in [2.05, 4.69) is 13.0 Å². The molecule has 0 fully saturated rings. The van der Waals surface area contributed by atoms with E-state index in [0.29, 0.717) is 5.92 Å². The van der Waals surface area contributed by atoms with Gasteiger partial charge in [-0.2, -0.15) is 0 Å². The molecule has 2 nitrogen and oxygen atoms in total. The molecule has 1 heterocycles. The van der Waals surface area contributed by atoms with Crippen molar-refractivity contribution in [3.63, 3.8) is 0 Å². The van der Waals surface area contributed by atoms with E-state index in [4.69, 9.17) is 11.6 Å². The molecule has 0 saturated heterocycles. The highest BCUT2D eigenvalue weighted by Crippen LogP contribution is 2.27. The lowest BCUT2D eigenvalue weighted by atomic mass is 9.95. The lowest BCUT2D eigenvalue weighted by molar-refractivity contribution is -0.128. The molecule has 0 aromatic heterocycles. The molecule has 1 amide bonds. The van der Waals surface area contributed by atoms with Crippen molar-refractivity contribution in [2.75, 3.05) is 13.1 Å². The number of carbonyl (C=O) groups excluding carboxylic acids is 1. The summed E-state index contributed by atoms with van der Waals surface area (Å²) in [5.74, 6) is 0.519. The van der Waals surface area contributed by atoms with Crippen molar-refractivity contribution in [3.05, 3.63) is 34.3 Å². The highest BCUT2D eigenvalue weighted by molar-refractivity contribution is 6.30. The molecule has 2 rings (SSSR count). The van der Waals surface area contributed by atoms with Crippen LogP contribution >= 0.6 is 11.6 Å². The summed E-state index contributed by atoms with van der Waals surface area (Å²) in [7, 11) is 0. The summed E-state index contributed by atoms with van der Waals surface area (Å²) < 4.78 is 0. The molecule has 16 heavy (non-hydrogen) atoms. The van der Waals surface area contributed by atoms with Gasteiger partial charge in [0.25, 0.3) is 0 Å². The van der Waals surface area contributed by atoms with E-state index in [-0.39, 0.29) is 5.91 Å². The summed E-state index contributed by atoms with van der Waals surface area (Å²) in [5.41, 5.74) is 2.61. The number of hydrogen-bond acceptors (Lipinski definition) is 1. The maximum absolute atomic E-state index is 11.4. The van der Waals surface area contributed by atoms with Crippen LogP contribution in [0.25, 0.3) is 0 Å². The van der Waals surface area contributed by atoms with Crippen LogP contribution in [0.5, 0.6) is 0 Å². The Morgan fingerprint density at radius 1 is 1.50 bits per heavy atom. The van der Waals surface area contributed by atoms with Crippen molar-refractivity contribution in [1.82, 2.24) is 4.90 Å². The minimum absolute atomic E-state index is 0.158. The predicted molar refractivity (Wildman–Crippen MR) is 65.8 cm³/mol. The third-order valence-corrected chi connectivity index (χ3v) is 3.46. The van der Waals surface area contributed by atoms with E-state index >= 15 is 0 Å². The molecule has 0 saturated carbocycles. The van der Waals surface area contributed by atoms with Crippen molar-refractivity contribution in [3.8, 4) is 0 Å². The van der Waals surface area contributed by atoms with E-state index in [0.717, 1.165) is 24.5 Å². The second kappa shape index (κ2) is 4.46. The fourth-order valence-electron chi connectivity index (χ4n) is 2.31. The van der Waals surface area contributed by atoms with E-state index < -0.39 is 0 Å². The van der Waals surface area contributed by atoms with Crippen LogP contribution in [-0.2, 0) is 11.2 Å². The molecule has 86 valence electrons. The third kappa shape index (κ3) is 2.22. The summed E-state index contributed by atoms with van der Waals surface area (Å²) in [6.07, 6.45) is 0.927. The number of benzene rings is 1. The van der Waals surface area contributed by atoms with Gasteiger partial charge in [0.2, 0.25) is 5.91 Å². The van der Waals surface area contributed by atoms with Crippen molar-refractivity contribution in [2.45, 2.75) is 26.2 Å². The number of hydrogen-bond donors (Lipinski definition) is 0. The molecule has 1 unspecified atom stereocenters. The number of amides is 1. The summed E-state index contributed by atoms with van der Waals surface area (Å²) in [4.78, 5) is 13.3. The van der Waals surface area contributed by atoms with Crippen LogP contribution in [0.3, 0.4) is 0 Å². The Morgan fingerprint density at radius 3 is 2.94 bits per heavy atom. The van der Waals surface area contributed by atoms with Gasteiger partial charge in [0.1, 0.15) is 0 Å². The molecular weight excluding hydrogens is 222 g/mol. The van der Waals surface area contributed by atoms with E-state index in [1.807, 2.05) is 17.0 Å². The van der Waals surface area contributed by atoms with Crippen LogP contribution < -0.4 is 0 Å². The fourth-order valence-corrected chi connectivity index (χ4v) is 2.49. The Bertz CT molecular complexity index is 416. The lowest BCUT2D eigenvalue weighted by Gasteiger charge is -2.21. The van der Waals surface area contributed by atoms with Crippen LogP contribution in [0.1, 0.15) is 30.9 Å². The van der Waals surface area contributed by atoms with Crippen LogP contribution in [0, 0.1) is 0 Å². The first-order valence-corrected chi connectivity index (χ1v) is 5.99. The molecule has 0 N–H and O–H groups in total. The molecule has 3 heteroatoms. The highest BCUT2D eigenvalue weighted by atomic mass is 35.5. The molecule has 1 aromatic carbocycles. The summed E-state index contributed by atoms with van der Waals surface area (Å²) >= 11 is 6.01. The molecule has 0 spiro atoms. The molecule has 0 aliphatic carbocycles. The average molecular weight is 238 g/mol. The van der Waals surface area contributed by atoms with Gasteiger partial charge in [-0.05, 0) is 35.6 Å². The number of halogens is 1. The first kappa shape index (κ1) is 11.5. The molecule has 1 aliphatic heterocycles. The van der Waals surface area contributed by atoms with Gasteiger partial charge in [-0.25, -0.2) is 0 Å². The summed E-state index contributed by atoms with van der Waals surface area (Å²) in [6, 6.07) is 6.04. The van der Waals surface area contributed by atoms with E-state index in [1.165, 1.54) is 11.1 Å². The first-order chi connectivity index (χ1) is 7.58. The van der Waals surface area contributed by atoms with Crippen LogP contribution in [0.4, 0.5) is 0 Å². The van der Waals surface area contributed by atoms with E-state index in [9.17, 15) is 4.79 Å². The van der Waals surface area contributed by atoms with Gasteiger partial charge in [0.05, 0.1) is 0 Å². The Morgan fingerprint density at radius 2 is 2.25 bits per heavy atom. The fraction of sp³-hybridized carbons (Fsp3) is 0.462. The van der Waals surface area contributed by atoms with Gasteiger partial charge >= 0.3 is 0 Å². The zero-order valence-electron chi connectivity index (χ0n) is 9.66. The van der Waals surface area contributed by atoms with Crippen molar-refractivity contribution < 1.29 is 4.79 Å². The first-order valence-electron chi connectivity index (χ1n) is 5.62.